The summed E-state index contributed by atoms with van der Waals surface area (Å²) in [6.07, 6.45) is 1.42. The van der Waals surface area contributed by atoms with Gasteiger partial charge in [-0.25, -0.2) is 25.4 Å². The Balaban J connectivity index is 3.03. The Bertz CT molecular complexity index is 687. The zero-order chi connectivity index (χ0) is 15.6. The fourth-order valence-corrected chi connectivity index (χ4v) is 2.72. The second kappa shape index (κ2) is 6.04. The van der Waals surface area contributed by atoms with Gasteiger partial charge < -0.3 is 0 Å². The molecular weight excluding hydrogens is 300 g/mol. The van der Waals surface area contributed by atoms with Gasteiger partial charge in [0, 0.05) is 33.6 Å². The molecule has 0 N–H and O–H groups in total. The molecular formula is C12H18N2O4S2. The number of hydrogen-bond donors (Lipinski definition) is 0. The van der Waals surface area contributed by atoms with Gasteiger partial charge in [-0.2, -0.15) is 0 Å². The third-order valence-corrected chi connectivity index (χ3v) is 5.93. The Labute approximate surface area is 120 Å². The lowest BCUT2D eigenvalue weighted by Gasteiger charge is -2.11. The van der Waals surface area contributed by atoms with Crippen LogP contribution in [0.4, 0.5) is 0 Å². The van der Waals surface area contributed by atoms with Crippen LogP contribution in [-0.4, -0.2) is 53.6 Å². The summed E-state index contributed by atoms with van der Waals surface area (Å²) in [6.45, 7) is 0. The van der Waals surface area contributed by atoms with Crippen molar-refractivity contribution in [2.45, 2.75) is 4.90 Å². The number of rotatable bonds is 5. The summed E-state index contributed by atoms with van der Waals surface area (Å²) < 4.78 is 49.0. The molecule has 1 aromatic rings. The Morgan fingerprint density at radius 3 is 1.75 bits per heavy atom. The van der Waals surface area contributed by atoms with Crippen molar-refractivity contribution in [3.05, 3.63) is 35.2 Å². The van der Waals surface area contributed by atoms with Crippen LogP contribution >= 0.6 is 0 Å². The maximum Gasteiger partial charge on any atom is 0.242 e. The van der Waals surface area contributed by atoms with Gasteiger partial charge in [-0.15, -0.1) is 0 Å². The summed E-state index contributed by atoms with van der Waals surface area (Å²) in [5.41, 5.74) is 0.605. The van der Waals surface area contributed by atoms with E-state index in [0.717, 1.165) is 14.0 Å². The van der Waals surface area contributed by atoms with Crippen molar-refractivity contribution < 1.29 is 16.8 Å². The van der Waals surface area contributed by atoms with E-state index in [1.165, 1.54) is 46.4 Å². The van der Waals surface area contributed by atoms with Crippen LogP contribution in [0.3, 0.4) is 0 Å². The molecule has 0 aliphatic rings. The fraction of sp³-hybridized carbons (Fsp3) is 0.333. The van der Waals surface area contributed by atoms with E-state index in [1.807, 2.05) is 0 Å². The smallest absolute Gasteiger partial charge is 0.208 e. The van der Waals surface area contributed by atoms with E-state index in [9.17, 15) is 16.8 Å². The van der Waals surface area contributed by atoms with Crippen molar-refractivity contribution in [2.75, 3.05) is 28.2 Å². The topological polar surface area (TPSA) is 74.8 Å². The molecule has 0 saturated carbocycles. The van der Waals surface area contributed by atoms with Crippen LogP contribution in [-0.2, 0) is 20.0 Å². The van der Waals surface area contributed by atoms with E-state index in [4.69, 9.17) is 0 Å². The standard InChI is InChI=1S/C12H18N2O4S2/c1-13(2)19(15,16)10-9-11-5-7-12(8-6-11)20(17,18)14(3)4/h5-10H,1-4H3/b10-9-. The van der Waals surface area contributed by atoms with Crippen molar-refractivity contribution in [2.24, 2.45) is 0 Å². The molecule has 6 nitrogen and oxygen atoms in total. The molecule has 0 saturated heterocycles. The van der Waals surface area contributed by atoms with E-state index in [-0.39, 0.29) is 4.90 Å². The molecule has 0 spiro atoms. The molecule has 1 aromatic carbocycles. The number of sulfonamides is 2. The van der Waals surface area contributed by atoms with Crippen LogP contribution < -0.4 is 0 Å². The van der Waals surface area contributed by atoms with Gasteiger partial charge >= 0.3 is 0 Å². The zero-order valence-electron chi connectivity index (χ0n) is 11.8. The molecule has 0 aliphatic heterocycles. The number of benzene rings is 1. The molecule has 112 valence electrons. The Morgan fingerprint density at radius 1 is 0.850 bits per heavy atom. The minimum Gasteiger partial charge on any atom is -0.208 e. The second-order valence-corrected chi connectivity index (χ2v) is 8.67. The largest absolute Gasteiger partial charge is 0.242 e. The summed E-state index contributed by atoms with van der Waals surface area (Å²) in [5, 5.41) is 1.07. The summed E-state index contributed by atoms with van der Waals surface area (Å²) in [4.78, 5) is 0.162. The lowest BCUT2D eigenvalue weighted by Crippen LogP contribution is -2.22. The van der Waals surface area contributed by atoms with E-state index in [2.05, 4.69) is 0 Å². The average Bonchev–Trinajstić information content (AvgIpc) is 2.36. The second-order valence-electron chi connectivity index (χ2n) is 4.49. The van der Waals surface area contributed by atoms with Gasteiger partial charge in [0.25, 0.3) is 0 Å². The minimum absolute atomic E-state index is 0.162. The van der Waals surface area contributed by atoms with Gasteiger partial charge in [-0.1, -0.05) is 12.1 Å². The average molecular weight is 318 g/mol. The predicted molar refractivity (Wildman–Crippen MR) is 79.0 cm³/mol. The first kappa shape index (κ1) is 16.8. The number of hydrogen-bond acceptors (Lipinski definition) is 4. The Kier molecular flexibility index (Phi) is 5.09. The quantitative estimate of drug-likeness (QED) is 0.805. The molecule has 0 radical (unpaired) electrons. The van der Waals surface area contributed by atoms with E-state index < -0.39 is 20.0 Å². The fourth-order valence-electron chi connectivity index (χ4n) is 1.25. The van der Waals surface area contributed by atoms with Crippen LogP contribution in [0.15, 0.2) is 34.6 Å². The minimum atomic E-state index is -3.47. The zero-order valence-corrected chi connectivity index (χ0v) is 13.4. The molecule has 0 aliphatic carbocycles. The SMILES string of the molecule is CN(C)S(=O)(=O)/C=C\c1ccc(S(=O)(=O)N(C)C)cc1. The summed E-state index contributed by atoms with van der Waals surface area (Å²) >= 11 is 0. The highest BCUT2D eigenvalue weighted by Gasteiger charge is 2.16. The van der Waals surface area contributed by atoms with Crippen LogP contribution in [0.25, 0.3) is 6.08 Å². The highest BCUT2D eigenvalue weighted by Crippen LogP contribution is 2.15. The lowest BCUT2D eigenvalue weighted by atomic mass is 10.2. The van der Waals surface area contributed by atoms with Crippen LogP contribution in [0.5, 0.6) is 0 Å². The van der Waals surface area contributed by atoms with Crippen molar-refractivity contribution in [1.29, 1.82) is 0 Å². The van der Waals surface area contributed by atoms with Crippen LogP contribution in [0.1, 0.15) is 5.56 Å². The van der Waals surface area contributed by atoms with Crippen molar-refractivity contribution in [3.8, 4) is 0 Å². The van der Waals surface area contributed by atoms with Gasteiger partial charge in [0.2, 0.25) is 20.0 Å². The molecule has 8 heteroatoms. The van der Waals surface area contributed by atoms with Gasteiger partial charge in [0.05, 0.1) is 4.90 Å². The molecule has 0 heterocycles. The van der Waals surface area contributed by atoms with Gasteiger partial charge in [0.1, 0.15) is 0 Å². The maximum absolute atomic E-state index is 11.9. The molecule has 0 fully saturated rings. The van der Waals surface area contributed by atoms with Crippen LogP contribution in [0, 0.1) is 0 Å². The first-order chi connectivity index (χ1) is 9.07. The van der Waals surface area contributed by atoms with E-state index >= 15 is 0 Å². The Morgan fingerprint density at radius 2 is 1.35 bits per heavy atom. The van der Waals surface area contributed by atoms with Gasteiger partial charge in [-0.05, 0) is 23.8 Å². The summed E-state index contributed by atoms with van der Waals surface area (Å²) in [5.74, 6) is 0. The molecule has 20 heavy (non-hydrogen) atoms. The first-order valence-electron chi connectivity index (χ1n) is 5.70. The van der Waals surface area contributed by atoms with Gasteiger partial charge in [-0.3, -0.25) is 0 Å². The predicted octanol–water partition coefficient (Wildman–Crippen LogP) is 0.799. The van der Waals surface area contributed by atoms with Crippen molar-refractivity contribution in [1.82, 2.24) is 8.61 Å². The normalized spacial score (nSPS) is 13.5. The molecule has 0 unspecified atom stereocenters. The summed E-state index contributed by atoms with van der Waals surface area (Å²) in [6, 6.07) is 5.99. The van der Waals surface area contributed by atoms with E-state index in [0.29, 0.717) is 5.56 Å². The lowest BCUT2D eigenvalue weighted by molar-refractivity contribution is 0.520. The van der Waals surface area contributed by atoms with E-state index in [1.54, 1.807) is 12.1 Å². The highest BCUT2D eigenvalue weighted by molar-refractivity contribution is 7.92. The van der Waals surface area contributed by atoms with Gasteiger partial charge in [0.15, 0.2) is 0 Å². The first-order valence-corrected chi connectivity index (χ1v) is 8.65. The Hall–Kier alpha value is -1.22. The van der Waals surface area contributed by atoms with Crippen molar-refractivity contribution >= 4 is 26.1 Å². The molecule has 1 rings (SSSR count). The monoisotopic (exact) mass is 318 g/mol. The molecule has 0 atom stereocenters. The van der Waals surface area contributed by atoms with Crippen LogP contribution in [0.2, 0.25) is 0 Å². The number of nitrogens with zero attached hydrogens (tertiary/aromatic N) is 2. The van der Waals surface area contributed by atoms with Crippen molar-refractivity contribution in [3.63, 3.8) is 0 Å². The molecule has 0 bridgehead atoms. The summed E-state index contributed by atoms with van der Waals surface area (Å²) in [7, 11) is -1.11. The molecule has 0 aromatic heterocycles. The third kappa shape index (κ3) is 3.89. The maximum atomic E-state index is 11.9. The highest BCUT2D eigenvalue weighted by atomic mass is 32.2. The molecule has 0 amide bonds. The third-order valence-electron chi connectivity index (χ3n) is 2.60.